The Balaban J connectivity index is 2.10. The minimum Gasteiger partial charge on any atom is -0.389 e. The molecular formula is C10H13NO3S. The molecular weight excluding hydrogens is 214 g/mol. The van der Waals surface area contributed by atoms with Crippen molar-refractivity contribution in [2.45, 2.75) is 6.10 Å². The van der Waals surface area contributed by atoms with Gasteiger partial charge in [-0.05, 0) is 12.1 Å². The predicted octanol–water partition coefficient (Wildman–Crippen LogP) is 0.758. The summed E-state index contributed by atoms with van der Waals surface area (Å²) in [5, 5.41) is 10.6. The number of nitrogens with zero attached hydrogens (tertiary/aromatic N) is 1. The molecule has 4 nitrogen and oxygen atoms in total. The largest absolute Gasteiger partial charge is 0.389 e. The van der Waals surface area contributed by atoms with Crippen LogP contribution in [0.15, 0.2) is 12.1 Å². The highest BCUT2D eigenvalue weighted by atomic mass is 32.1. The highest BCUT2D eigenvalue weighted by molar-refractivity contribution is 7.17. The maximum atomic E-state index is 10.6. The number of carbonyl (C=O) groups is 1. The Labute approximate surface area is 92.1 Å². The molecule has 1 aromatic rings. The zero-order chi connectivity index (χ0) is 10.7. The zero-order valence-corrected chi connectivity index (χ0v) is 9.07. The van der Waals surface area contributed by atoms with Crippen molar-refractivity contribution in [1.29, 1.82) is 0 Å². The van der Waals surface area contributed by atoms with Gasteiger partial charge in [0.2, 0.25) is 0 Å². The van der Waals surface area contributed by atoms with Crippen LogP contribution in [-0.4, -0.2) is 43.8 Å². The third kappa shape index (κ3) is 2.56. The van der Waals surface area contributed by atoms with E-state index >= 15 is 0 Å². The lowest BCUT2D eigenvalue weighted by Gasteiger charge is -2.21. The van der Waals surface area contributed by atoms with Crippen LogP contribution >= 0.6 is 11.3 Å². The second kappa shape index (κ2) is 4.74. The Hall–Kier alpha value is -0.910. The molecule has 1 aliphatic heterocycles. The van der Waals surface area contributed by atoms with Crippen molar-refractivity contribution in [3.63, 3.8) is 0 Å². The lowest BCUT2D eigenvalue weighted by atomic mass is 10.3. The summed E-state index contributed by atoms with van der Waals surface area (Å²) in [6, 6.07) is 3.71. The Bertz CT molecular complexity index is 339. The monoisotopic (exact) mass is 227 g/mol. The Kier molecular flexibility index (Phi) is 3.35. The fourth-order valence-corrected chi connectivity index (χ4v) is 2.42. The van der Waals surface area contributed by atoms with Crippen molar-refractivity contribution < 1.29 is 14.6 Å². The summed E-state index contributed by atoms with van der Waals surface area (Å²) in [6.07, 6.45) is 0.396. The first-order valence-electron chi connectivity index (χ1n) is 4.85. The number of rotatable bonds is 2. The number of aliphatic hydroxyl groups excluding tert-OH is 1. The molecule has 0 radical (unpaired) electrons. The van der Waals surface area contributed by atoms with Crippen LogP contribution in [0.5, 0.6) is 0 Å². The van der Waals surface area contributed by atoms with Gasteiger partial charge >= 0.3 is 0 Å². The second-order valence-corrected chi connectivity index (χ2v) is 4.56. The first kappa shape index (κ1) is 10.6. The van der Waals surface area contributed by atoms with Crippen LogP contribution in [0.4, 0.5) is 5.00 Å². The van der Waals surface area contributed by atoms with E-state index in [4.69, 9.17) is 4.74 Å². The van der Waals surface area contributed by atoms with Crippen LogP contribution in [0.2, 0.25) is 0 Å². The summed E-state index contributed by atoms with van der Waals surface area (Å²) >= 11 is 1.44. The van der Waals surface area contributed by atoms with Gasteiger partial charge in [0.1, 0.15) is 0 Å². The highest BCUT2D eigenvalue weighted by Crippen LogP contribution is 2.25. The molecule has 1 fully saturated rings. The molecule has 1 atom stereocenters. The van der Waals surface area contributed by atoms with Crippen LogP contribution < -0.4 is 4.90 Å². The normalized spacial score (nSPS) is 22.5. The molecule has 2 heterocycles. The third-order valence-corrected chi connectivity index (χ3v) is 3.36. The molecule has 1 saturated heterocycles. The summed E-state index contributed by atoms with van der Waals surface area (Å²) in [4.78, 5) is 13.3. The fraction of sp³-hybridized carbons (Fsp3) is 0.500. The van der Waals surface area contributed by atoms with E-state index in [0.29, 0.717) is 24.6 Å². The first-order chi connectivity index (χ1) is 7.29. The number of anilines is 1. The number of aliphatic hydroxyl groups is 1. The SMILES string of the molecule is O=Cc1ccc(N2CCOCC(O)C2)s1. The van der Waals surface area contributed by atoms with Crippen LogP contribution in [0.1, 0.15) is 9.67 Å². The van der Waals surface area contributed by atoms with Gasteiger partial charge in [-0.3, -0.25) is 4.79 Å². The summed E-state index contributed by atoms with van der Waals surface area (Å²) in [5.74, 6) is 0. The molecule has 1 aromatic heterocycles. The van der Waals surface area contributed by atoms with Crippen LogP contribution in [0.25, 0.3) is 0 Å². The van der Waals surface area contributed by atoms with Crippen molar-refractivity contribution in [1.82, 2.24) is 0 Å². The highest BCUT2D eigenvalue weighted by Gasteiger charge is 2.17. The first-order valence-corrected chi connectivity index (χ1v) is 5.67. The van der Waals surface area contributed by atoms with E-state index in [9.17, 15) is 9.90 Å². The van der Waals surface area contributed by atoms with Crippen molar-refractivity contribution in [2.75, 3.05) is 31.2 Å². The summed E-state index contributed by atoms with van der Waals surface area (Å²) < 4.78 is 5.24. The van der Waals surface area contributed by atoms with E-state index in [1.807, 2.05) is 6.07 Å². The van der Waals surface area contributed by atoms with E-state index < -0.39 is 6.10 Å². The van der Waals surface area contributed by atoms with E-state index in [-0.39, 0.29) is 0 Å². The zero-order valence-electron chi connectivity index (χ0n) is 8.26. The van der Waals surface area contributed by atoms with Gasteiger partial charge in [0.25, 0.3) is 0 Å². The smallest absolute Gasteiger partial charge is 0.160 e. The molecule has 0 aliphatic carbocycles. The Morgan fingerprint density at radius 3 is 3.20 bits per heavy atom. The quantitative estimate of drug-likeness (QED) is 0.758. The molecule has 0 aromatic carbocycles. The number of hydrogen-bond acceptors (Lipinski definition) is 5. The Morgan fingerprint density at radius 2 is 2.47 bits per heavy atom. The molecule has 1 unspecified atom stereocenters. The average Bonchev–Trinajstić information content (AvgIpc) is 2.61. The van der Waals surface area contributed by atoms with E-state index in [1.54, 1.807) is 6.07 Å². The van der Waals surface area contributed by atoms with Gasteiger partial charge in [-0.1, -0.05) is 0 Å². The third-order valence-electron chi connectivity index (χ3n) is 2.29. The van der Waals surface area contributed by atoms with Crippen LogP contribution in [0, 0.1) is 0 Å². The molecule has 5 heteroatoms. The van der Waals surface area contributed by atoms with Crippen LogP contribution in [0.3, 0.4) is 0 Å². The lowest BCUT2D eigenvalue weighted by Crippen LogP contribution is -2.31. The number of ether oxygens (including phenoxy) is 1. The molecule has 0 spiro atoms. The number of carbonyl (C=O) groups excluding carboxylic acids is 1. The number of hydrogen-bond donors (Lipinski definition) is 1. The van der Waals surface area contributed by atoms with Gasteiger partial charge in [0, 0.05) is 13.1 Å². The topological polar surface area (TPSA) is 49.8 Å². The fourth-order valence-electron chi connectivity index (χ4n) is 1.57. The van der Waals surface area contributed by atoms with Gasteiger partial charge in [-0.2, -0.15) is 0 Å². The molecule has 0 amide bonds. The molecule has 0 saturated carbocycles. The summed E-state index contributed by atoms with van der Waals surface area (Å²) in [7, 11) is 0. The van der Waals surface area contributed by atoms with Gasteiger partial charge in [-0.25, -0.2) is 0 Å². The number of aldehydes is 1. The molecule has 1 N–H and O–H groups in total. The number of thiophene rings is 1. The second-order valence-electron chi connectivity index (χ2n) is 3.47. The maximum Gasteiger partial charge on any atom is 0.160 e. The van der Waals surface area contributed by atoms with E-state index in [2.05, 4.69) is 4.90 Å². The van der Waals surface area contributed by atoms with Crippen LogP contribution in [-0.2, 0) is 4.74 Å². The molecule has 82 valence electrons. The predicted molar refractivity (Wildman–Crippen MR) is 58.7 cm³/mol. The van der Waals surface area contributed by atoms with Crippen molar-refractivity contribution in [2.24, 2.45) is 0 Å². The van der Waals surface area contributed by atoms with Gasteiger partial charge < -0.3 is 14.7 Å². The van der Waals surface area contributed by atoms with E-state index in [1.165, 1.54) is 11.3 Å². The molecule has 1 aliphatic rings. The number of β-amino-alcohol motifs (C(OH)–C–C–N with tert-alkyl or cyclic N) is 1. The van der Waals surface area contributed by atoms with Crippen molar-refractivity contribution in [3.8, 4) is 0 Å². The summed E-state index contributed by atoms with van der Waals surface area (Å²) in [6.45, 7) is 2.34. The van der Waals surface area contributed by atoms with E-state index in [0.717, 1.165) is 17.8 Å². The van der Waals surface area contributed by atoms with Gasteiger partial charge in [-0.15, -0.1) is 11.3 Å². The minimum absolute atomic E-state index is 0.391. The lowest BCUT2D eigenvalue weighted by molar-refractivity contribution is 0.0597. The molecule has 15 heavy (non-hydrogen) atoms. The Morgan fingerprint density at radius 1 is 1.60 bits per heavy atom. The average molecular weight is 227 g/mol. The van der Waals surface area contributed by atoms with Crippen molar-refractivity contribution in [3.05, 3.63) is 17.0 Å². The van der Waals surface area contributed by atoms with Gasteiger partial charge in [0.15, 0.2) is 6.29 Å². The molecule has 0 bridgehead atoms. The minimum atomic E-state index is -0.450. The molecule has 2 rings (SSSR count). The standard InChI is InChI=1S/C10H13NO3S/c12-6-9-1-2-10(15-9)11-3-4-14-7-8(13)5-11/h1-2,6,8,13H,3-5,7H2. The maximum absolute atomic E-state index is 10.6. The van der Waals surface area contributed by atoms with Gasteiger partial charge in [0.05, 0.1) is 29.2 Å². The van der Waals surface area contributed by atoms with Crippen molar-refractivity contribution >= 4 is 22.6 Å². The summed E-state index contributed by atoms with van der Waals surface area (Å²) in [5.41, 5.74) is 0.